The molecule has 0 bridgehead atoms. The molecule has 5 nitrogen and oxygen atoms in total. The third-order valence-corrected chi connectivity index (χ3v) is 5.89. The molecule has 0 saturated heterocycles. The minimum Gasteiger partial charge on any atom is -0.386 e. The smallest absolute Gasteiger partial charge is 0.386 e. The van der Waals surface area contributed by atoms with E-state index in [1.54, 1.807) is 38.5 Å². The highest BCUT2D eigenvalue weighted by Gasteiger charge is 2.35. The number of nitrogens with zero attached hydrogens (tertiary/aromatic N) is 3. The Kier molecular flexibility index (Phi) is 4.93. The van der Waals surface area contributed by atoms with Crippen LogP contribution in [-0.4, -0.2) is 26.8 Å². The summed E-state index contributed by atoms with van der Waals surface area (Å²) in [6.07, 6.45) is -1.54. The summed E-state index contributed by atoms with van der Waals surface area (Å²) in [6, 6.07) is 12.8. The van der Waals surface area contributed by atoms with E-state index < -0.39 is 23.3 Å². The summed E-state index contributed by atoms with van der Waals surface area (Å²) in [7, 11) is 3.20. The predicted octanol–water partition coefficient (Wildman–Crippen LogP) is 5.92. The van der Waals surface area contributed by atoms with E-state index in [0.717, 1.165) is 12.1 Å². The topological polar surface area (TPSA) is 51.3 Å². The number of hydrogen-bond acceptors (Lipinski definition) is 3. The van der Waals surface area contributed by atoms with Crippen molar-refractivity contribution in [1.29, 1.82) is 0 Å². The molecule has 0 unspecified atom stereocenters. The lowest BCUT2D eigenvalue weighted by Gasteiger charge is -2.15. The van der Waals surface area contributed by atoms with Gasteiger partial charge in [-0.2, -0.15) is 13.2 Å². The van der Waals surface area contributed by atoms with Crippen LogP contribution in [0.25, 0.3) is 27.7 Å². The van der Waals surface area contributed by atoms with Gasteiger partial charge in [-0.3, -0.25) is 4.79 Å². The van der Waals surface area contributed by atoms with Crippen molar-refractivity contribution in [1.82, 2.24) is 14.0 Å². The third kappa shape index (κ3) is 3.40. The Morgan fingerprint density at radius 2 is 1.79 bits per heavy atom. The Hall–Kier alpha value is -4.14. The van der Waals surface area contributed by atoms with Crippen LogP contribution in [0.5, 0.6) is 0 Å². The molecular weight excluding hydrogens is 448 g/mol. The summed E-state index contributed by atoms with van der Waals surface area (Å²) in [4.78, 5) is 17.3. The van der Waals surface area contributed by atoms with Crippen molar-refractivity contribution in [2.75, 3.05) is 12.4 Å². The van der Waals surface area contributed by atoms with Crippen molar-refractivity contribution in [2.45, 2.75) is 6.18 Å². The highest BCUT2D eigenvalue weighted by molar-refractivity contribution is 6.09. The predicted molar refractivity (Wildman–Crippen MR) is 121 cm³/mol. The van der Waals surface area contributed by atoms with Gasteiger partial charge in [-0.15, -0.1) is 0 Å². The number of imidazole rings is 1. The number of pyridine rings is 1. The lowest BCUT2D eigenvalue weighted by Crippen LogP contribution is -2.09. The van der Waals surface area contributed by atoms with Gasteiger partial charge in [-0.05, 0) is 54.1 Å². The number of anilines is 1. The third-order valence-electron chi connectivity index (χ3n) is 5.89. The number of aryl methyl sites for hydroxylation is 1. The summed E-state index contributed by atoms with van der Waals surface area (Å²) in [5, 5.41) is 2.69. The Balaban J connectivity index is 1.69. The van der Waals surface area contributed by atoms with E-state index in [1.807, 2.05) is 0 Å². The molecule has 0 aliphatic heterocycles. The first-order valence-corrected chi connectivity index (χ1v) is 10.3. The molecule has 5 aromatic rings. The van der Waals surface area contributed by atoms with Crippen LogP contribution in [-0.2, 0) is 13.2 Å². The quantitative estimate of drug-likeness (QED) is 0.264. The minimum atomic E-state index is -4.60. The maximum atomic E-state index is 14.2. The van der Waals surface area contributed by atoms with E-state index in [9.17, 15) is 22.4 Å². The van der Waals surface area contributed by atoms with E-state index in [1.165, 1.54) is 39.6 Å². The number of aromatic nitrogens is 3. The summed E-state index contributed by atoms with van der Waals surface area (Å²) < 4.78 is 59.3. The molecule has 0 saturated carbocycles. The maximum absolute atomic E-state index is 14.2. The standard InChI is InChI=1S/C25H18F4N4O/c1-30-19-6-5-14(10-18(19)26)24(34)22-8-7-21-15(4-3-9-33(21)22)16-11-20-23(32(2)13-31-20)12-17(16)25(27,28)29/h3-13,30H,1-2H3. The number of rotatable bonds is 4. The van der Waals surface area contributed by atoms with Crippen molar-refractivity contribution < 1.29 is 22.4 Å². The second-order valence-corrected chi connectivity index (χ2v) is 7.91. The van der Waals surface area contributed by atoms with Crippen LogP contribution >= 0.6 is 0 Å². The first kappa shape index (κ1) is 21.7. The number of nitrogens with one attached hydrogen (secondary N) is 1. The van der Waals surface area contributed by atoms with Gasteiger partial charge in [-0.1, -0.05) is 6.07 Å². The zero-order chi connectivity index (χ0) is 24.2. The molecule has 5 rings (SSSR count). The Labute approximate surface area is 191 Å². The lowest BCUT2D eigenvalue weighted by molar-refractivity contribution is -0.137. The van der Waals surface area contributed by atoms with Crippen LogP contribution in [0.15, 0.2) is 67.1 Å². The van der Waals surface area contributed by atoms with E-state index in [4.69, 9.17) is 0 Å². The Bertz CT molecular complexity index is 1580. The first-order chi connectivity index (χ1) is 16.2. The average molecular weight is 466 g/mol. The minimum absolute atomic E-state index is 0.0363. The van der Waals surface area contributed by atoms with Gasteiger partial charge in [-0.25, -0.2) is 9.37 Å². The molecule has 0 aliphatic rings. The fraction of sp³-hybridized carbons (Fsp3) is 0.120. The van der Waals surface area contributed by atoms with Gasteiger partial charge in [0.15, 0.2) is 0 Å². The monoisotopic (exact) mass is 466 g/mol. The summed E-state index contributed by atoms with van der Waals surface area (Å²) in [5.41, 5.74) is 1.27. The van der Waals surface area contributed by atoms with E-state index >= 15 is 0 Å². The molecule has 0 atom stereocenters. The highest BCUT2D eigenvalue weighted by Crippen LogP contribution is 2.41. The van der Waals surface area contributed by atoms with Crippen molar-refractivity contribution in [2.24, 2.45) is 7.05 Å². The van der Waals surface area contributed by atoms with E-state index in [-0.39, 0.29) is 22.5 Å². The molecule has 0 spiro atoms. The molecule has 0 amide bonds. The van der Waals surface area contributed by atoms with Gasteiger partial charge >= 0.3 is 6.18 Å². The van der Waals surface area contributed by atoms with Gasteiger partial charge in [0, 0.05) is 31.4 Å². The number of ketones is 1. The fourth-order valence-electron chi connectivity index (χ4n) is 4.19. The maximum Gasteiger partial charge on any atom is 0.417 e. The number of hydrogen-bond donors (Lipinski definition) is 1. The zero-order valence-electron chi connectivity index (χ0n) is 18.1. The summed E-state index contributed by atoms with van der Waals surface area (Å²) in [5.74, 6) is -1.02. The Morgan fingerprint density at radius 1 is 1.00 bits per heavy atom. The van der Waals surface area contributed by atoms with Gasteiger partial charge in [0.05, 0.1) is 39.8 Å². The molecule has 2 aromatic carbocycles. The Morgan fingerprint density at radius 3 is 2.50 bits per heavy atom. The molecule has 3 heterocycles. The summed E-state index contributed by atoms with van der Waals surface area (Å²) >= 11 is 0. The van der Waals surface area contributed by atoms with Crippen molar-refractivity contribution in [3.63, 3.8) is 0 Å². The first-order valence-electron chi connectivity index (χ1n) is 10.3. The van der Waals surface area contributed by atoms with Gasteiger partial charge in [0.25, 0.3) is 0 Å². The van der Waals surface area contributed by atoms with Crippen LogP contribution in [0, 0.1) is 5.82 Å². The van der Waals surface area contributed by atoms with E-state index in [0.29, 0.717) is 22.1 Å². The number of halogens is 4. The number of alkyl halides is 3. The van der Waals surface area contributed by atoms with Crippen molar-refractivity contribution >= 4 is 28.0 Å². The molecule has 172 valence electrons. The van der Waals surface area contributed by atoms with Gasteiger partial charge < -0.3 is 14.3 Å². The van der Waals surface area contributed by atoms with Gasteiger partial charge in [0.2, 0.25) is 5.78 Å². The number of benzene rings is 2. The number of carbonyl (C=O) groups excluding carboxylic acids is 1. The van der Waals surface area contributed by atoms with Crippen molar-refractivity contribution in [3.8, 4) is 11.1 Å². The van der Waals surface area contributed by atoms with Crippen LogP contribution in [0.3, 0.4) is 0 Å². The van der Waals surface area contributed by atoms with E-state index in [2.05, 4.69) is 10.3 Å². The fourth-order valence-corrected chi connectivity index (χ4v) is 4.19. The normalized spacial score (nSPS) is 11.9. The molecule has 0 radical (unpaired) electrons. The van der Waals surface area contributed by atoms with Crippen LogP contribution in [0.4, 0.5) is 23.2 Å². The van der Waals surface area contributed by atoms with Crippen LogP contribution in [0.1, 0.15) is 21.6 Å². The molecular formula is C25H18F4N4O. The second kappa shape index (κ2) is 7.72. The van der Waals surface area contributed by atoms with Crippen molar-refractivity contribution in [3.05, 3.63) is 89.8 Å². The SMILES string of the molecule is CNc1ccc(C(=O)c2ccc3c(-c4cc5ncn(C)c5cc4C(F)(F)F)cccn23)cc1F. The van der Waals surface area contributed by atoms with Crippen LogP contribution < -0.4 is 5.32 Å². The zero-order valence-corrected chi connectivity index (χ0v) is 18.1. The van der Waals surface area contributed by atoms with Crippen LogP contribution in [0.2, 0.25) is 0 Å². The molecule has 0 fully saturated rings. The van der Waals surface area contributed by atoms with Gasteiger partial charge in [0.1, 0.15) is 5.82 Å². The molecule has 3 aromatic heterocycles. The largest absolute Gasteiger partial charge is 0.417 e. The lowest BCUT2D eigenvalue weighted by atomic mass is 9.98. The molecule has 34 heavy (non-hydrogen) atoms. The average Bonchev–Trinajstić information content (AvgIpc) is 3.40. The molecule has 0 aliphatic carbocycles. The second-order valence-electron chi connectivity index (χ2n) is 7.91. The molecule has 1 N–H and O–H groups in total. The number of carbonyl (C=O) groups is 1. The number of fused-ring (bicyclic) bond motifs is 2. The summed E-state index contributed by atoms with van der Waals surface area (Å²) in [6.45, 7) is 0. The molecule has 9 heteroatoms. The highest BCUT2D eigenvalue weighted by atomic mass is 19.4.